The molecule has 0 unspecified atom stereocenters. The Morgan fingerprint density at radius 2 is 1.63 bits per heavy atom. The Kier molecular flexibility index (Phi) is 5.40. The molecule has 0 saturated heterocycles. The van der Waals surface area contributed by atoms with Crippen molar-refractivity contribution in [1.82, 2.24) is 0 Å². The zero-order chi connectivity index (χ0) is 19.4. The summed E-state index contributed by atoms with van der Waals surface area (Å²) in [4.78, 5) is 36.3. The van der Waals surface area contributed by atoms with Crippen molar-refractivity contribution in [3.8, 4) is 5.75 Å². The molecule has 0 spiro atoms. The van der Waals surface area contributed by atoms with Gasteiger partial charge in [-0.25, -0.2) is 9.59 Å². The molecular formula is C20H19NO6. The van der Waals surface area contributed by atoms with E-state index in [4.69, 9.17) is 14.2 Å². The van der Waals surface area contributed by atoms with Gasteiger partial charge in [-0.2, -0.15) is 0 Å². The lowest BCUT2D eigenvalue weighted by atomic mass is 9.96. The molecule has 0 saturated carbocycles. The van der Waals surface area contributed by atoms with E-state index in [1.54, 1.807) is 0 Å². The summed E-state index contributed by atoms with van der Waals surface area (Å²) in [6.07, 6.45) is 0.544. The minimum Gasteiger partial charge on any atom is -0.492 e. The van der Waals surface area contributed by atoms with Crippen molar-refractivity contribution >= 4 is 23.5 Å². The van der Waals surface area contributed by atoms with Gasteiger partial charge in [0.15, 0.2) is 0 Å². The highest BCUT2D eigenvalue weighted by molar-refractivity contribution is 6.00. The van der Waals surface area contributed by atoms with Crippen molar-refractivity contribution < 1.29 is 28.6 Å². The summed E-state index contributed by atoms with van der Waals surface area (Å²) in [6.45, 7) is 0.253. The first-order valence-electron chi connectivity index (χ1n) is 8.35. The number of esters is 2. The Bertz CT molecular complexity index is 858. The van der Waals surface area contributed by atoms with Crippen molar-refractivity contribution in [2.45, 2.75) is 6.42 Å². The molecule has 1 atom stereocenters. The minimum atomic E-state index is -0.619. The van der Waals surface area contributed by atoms with Gasteiger partial charge in [0.05, 0.1) is 31.3 Å². The third-order valence-corrected chi connectivity index (χ3v) is 4.29. The first kappa shape index (κ1) is 18.4. The molecule has 3 rings (SSSR count). The summed E-state index contributed by atoms with van der Waals surface area (Å²) in [5, 5.41) is 2.75. The van der Waals surface area contributed by atoms with Crippen LogP contribution in [-0.2, 0) is 20.7 Å². The number of carbonyl (C=O) groups excluding carboxylic acids is 3. The average Bonchev–Trinajstić information content (AvgIpc) is 2.71. The van der Waals surface area contributed by atoms with Crippen LogP contribution in [0, 0.1) is 5.92 Å². The number of hydrogen-bond donors (Lipinski definition) is 1. The van der Waals surface area contributed by atoms with E-state index in [1.165, 1.54) is 32.4 Å². The summed E-state index contributed by atoms with van der Waals surface area (Å²) in [7, 11) is 2.48. The molecule has 1 amide bonds. The monoisotopic (exact) mass is 369 g/mol. The molecule has 7 nitrogen and oxygen atoms in total. The smallest absolute Gasteiger partial charge is 0.337 e. The fourth-order valence-electron chi connectivity index (χ4n) is 2.91. The van der Waals surface area contributed by atoms with E-state index in [9.17, 15) is 14.4 Å². The predicted molar refractivity (Wildman–Crippen MR) is 96.9 cm³/mol. The Hall–Kier alpha value is -3.35. The molecule has 27 heavy (non-hydrogen) atoms. The van der Waals surface area contributed by atoms with E-state index >= 15 is 0 Å². The molecule has 140 valence electrons. The summed E-state index contributed by atoms with van der Waals surface area (Å²) in [5.74, 6) is -1.11. The van der Waals surface area contributed by atoms with E-state index < -0.39 is 11.9 Å². The Balaban J connectivity index is 1.81. The molecule has 0 aromatic heterocycles. The number of methoxy groups -OCH3 is 2. The van der Waals surface area contributed by atoms with Crippen LogP contribution in [0.4, 0.5) is 5.69 Å². The van der Waals surface area contributed by atoms with Gasteiger partial charge in [0.1, 0.15) is 12.4 Å². The summed E-state index contributed by atoms with van der Waals surface area (Å²) in [5.41, 5.74) is 1.55. The van der Waals surface area contributed by atoms with Crippen LogP contribution in [0.1, 0.15) is 26.3 Å². The molecular weight excluding hydrogens is 350 g/mol. The van der Waals surface area contributed by atoms with Crippen molar-refractivity contribution in [3.05, 3.63) is 59.2 Å². The minimum absolute atomic E-state index is 0.140. The largest absolute Gasteiger partial charge is 0.492 e. The maximum absolute atomic E-state index is 12.7. The van der Waals surface area contributed by atoms with Gasteiger partial charge in [-0.1, -0.05) is 18.2 Å². The Labute approximate surface area is 156 Å². The molecule has 0 bridgehead atoms. The van der Waals surface area contributed by atoms with Gasteiger partial charge in [0.25, 0.3) is 0 Å². The number of benzene rings is 2. The lowest BCUT2D eigenvalue weighted by Gasteiger charge is -2.24. The van der Waals surface area contributed by atoms with Crippen molar-refractivity contribution in [3.63, 3.8) is 0 Å². The van der Waals surface area contributed by atoms with E-state index in [-0.39, 0.29) is 29.6 Å². The molecule has 2 aromatic carbocycles. The summed E-state index contributed by atoms with van der Waals surface area (Å²) >= 11 is 0. The van der Waals surface area contributed by atoms with Gasteiger partial charge in [0.2, 0.25) is 5.91 Å². The van der Waals surface area contributed by atoms with E-state index in [1.807, 2.05) is 24.3 Å². The first-order chi connectivity index (χ1) is 13.0. The zero-order valence-corrected chi connectivity index (χ0v) is 15.0. The lowest BCUT2D eigenvalue weighted by molar-refractivity contribution is -0.121. The van der Waals surface area contributed by atoms with E-state index in [0.717, 1.165) is 11.3 Å². The number of ether oxygens (including phenoxy) is 3. The fraction of sp³-hybridized carbons (Fsp3) is 0.250. The fourth-order valence-corrected chi connectivity index (χ4v) is 2.91. The van der Waals surface area contributed by atoms with Crippen molar-refractivity contribution in [2.75, 3.05) is 26.1 Å². The third-order valence-electron chi connectivity index (χ3n) is 4.29. The number of carbonyl (C=O) groups is 3. The van der Waals surface area contributed by atoms with Crippen molar-refractivity contribution in [2.24, 2.45) is 5.92 Å². The topological polar surface area (TPSA) is 90.9 Å². The van der Waals surface area contributed by atoms with Gasteiger partial charge >= 0.3 is 11.9 Å². The second-order valence-corrected chi connectivity index (χ2v) is 6.09. The molecule has 1 heterocycles. The van der Waals surface area contributed by atoms with Crippen LogP contribution in [0.5, 0.6) is 5.75 Å². The quantitative estimate of drug-likeness (QED) is 0.833. The van der Waals surface area contributed by atoms with Crippen LogP contribution in [-0.4, -0.2) is 38.7 Å². The SMILES string of the molecule is COC(=O)c1cc(NC(=O)[C@@H]2COc3ccccc3C2)cc(C(=O)OC)c1. The lowest BCUT2D eigenvalue weighted by Crippen LogP contribution is -2.32. The number of hydrogen-bond acceptors (Lipinski definition) is 6. The maximum Gasteiger partial charge on any atom is 0.337 e. The molecule has 2 aromatic rings. The maximum atomic E-state index is 12.7. The van der Waals surface area contributed by atoms with Gasteiger partial charge in [-0.15, -0.1) is 0 Å². The first-order valence-corrected chi connectivity index (χ1v) is 8.35. The predicted octanol–water partition coefficient (Wildman–Crippen LogP) is 2.45. The van der Waals surface area contributed by atoms with E-state index in [0.29, 0.717) is 12.1 Å². The van der Waals surface area contributed by atoms with Gasteiger partial charge in [-0.05, 0) is 36.2 Å². The van der Waals surface area contributed by atoms with Crippen LogP contribution in [0.25, 0.3) is 0 Å². The summed E-state index contributed by atoms with van der Waals surface area (Å²) in [6, 6.07) is 11.8. The molecule has 0 aliphatic carbocycles. The number of anilines is 1. The van der Waals surface area contributed by atoms with Crippen LogP contribution in [0.15, 0.2) is 42.5 Å². The number of fused-ring (bicyclic) bond motifs is 1. The molecule has 1 aliphatic heterocycles. The van der Waals surface area contributed by atoms with Crippen LogP contribution >= 0.6 is 0 Å². The normalized spacial score (nSPS) is 15.1. The van der Waals surface area contributed by atoms with Crippen LogP contribution < -0.4 is 10.1 Å². The number of amides is 1. The van der Waals surface area contributed by atoms with Gasteiger partial charge in [0, 0.05) is 5.69 Å². The van der Waals surface area contributed by atoms with Crippen LogP contribution in [0.3, 0.4) is 0 Å². The molecule has 0 fully saturated rings. The second-order valence-electron chi connectivity index (χ2n) is 6.09. The molecule has 1 aliphatic rings. The zero-order valence-electron chi connectivity index (χ0n) is 15.0. The third kappa shape index (κ3) is 4.08. The number of rotatable bonds is 4. The Morgan fingerprint density at radius 3 is 2.26 bits per heavy atom. The number of para-hydroxylation sites is 1. The van der Waals surface area contributed by atoms with Crippen LogP contribution in [0.2, 0.25) is 0 Å². The van der Waals surface area contributed by atoms with Crippen molar-refractivity contribution in [1.29, 1.82) is 0 Å². The van der Waals surface area contributed by atoms with Gasteiger partial charge < -0.3 is 19.5 Å². The highest BCUT2D eigenvalue weighted by Gasteiger charge is 2.26. The number of nitrogens with one attached hydrogen (secondary N) is 1. The molecule has 7 heteroatoms. The molecule has 1 N–H and O–H groups in total. The highest BCUT2D eigenvalue weighted by atomic mass is 16.5. The average molecular weight is 369 g/mol. The molecule has 0 radical (unpaired) electrons. The standard InChI is InChI=1S/C20H19NO6/c1-25-19(23)13-8-14(20(24)26-2)10-16(9-13)21-18(22)15-7-12-5-3-4-6-17(12)27-11-15/h3-6,8-10,15H,7,11H2,1-2H3,(H,21,22)/t15-/m0/s1. The summed E-state index contributed by atoms with van der Waals surface area (Å²) < 4.78 is 15.0. The van der Waals surface area contributed by atoms with Gasteiger partial charge in [-0.3, -0.25) is 4.79 Å². The highest BCUT2D eigenvalue weighted by Crippen LogP contribution is 2.27. The van der Waals surface area contributed by atoms with E-state index in [2.05, 4.69) is 5.32 Å². The second kappa shape index (κ2) is 7.90. The Morgan fingerprint density at radius 1 is 1.00 bits per heavy atom.